The van der Waals surface area contributed by atoms with E-state index >= 15 is 0 Å². The van der Waals surface area contributed by atoms with E-state index in [-0.39, 0.29) is 6.42 Å². The molecule has 2 rings (SSSR count). The molecule has 0 aliphatic carbocycles. The van der Waals surface area contributed by atoms with Crippen LogP contribution in [0.25, 0.3) is 11.3 Å². The molecule has 0 atom stereocenters. The van der Waals surface area contributed by atoms with Gasteiger partial charge in [-0.3, -0.25) is 9.48 Å². The highest BCUT2D eigenvalue weighted by Gasteiger charge is 2.10. The molecule has 1 aromatic carbocycles. The van der Waals surface area contributed by atoms with Gasteiger partial charge in [-0.25, -0.2) is 0 Å². The Bertz CT molecular complexity index is 517. The maximum absolute atomic E-state index is 10.7. The summed E-state index contributed by atoms with van der Waals surface area (Å²) in [4.78, 5) is 10.7. The normalized spacial score (nSPS) is 10.4. The summed E-state index contributed by atoms with van der Waals surface area (Å²) in [6.07, 6.45) is -0.0349. The molecule has 0 aliphatic heterocycles. The van der Waals surface area contributed by atoms with Gasteiger partial charge in [0.1, 0.15) is 0 Å². The van der Waals surface area contributed by atoms with E-state index in [1.807, 2.05) is 48.0 Å². The van der Waals surface area contributed by atoms with Crippen molar-refractivity contribution in [2.75, 3.05) is 0 Å². The van der Waals surface area contributed by atoms with E-state index in [4.69, 9.17) is 5.11 Å². The number of nitrogens with zero attached hydrogens (tertiary/aromatic N) is 2. The first kappa shape index (κ1) is 11.4. The minimum Gasteiger partial charge on any atom is -0.481 e. The first-order valence-electron chi connectivity index (χ1n) is 5.54. The zero-order valence-electron chi connectivity index (χ0n) is 9.63. The molecule has 1 aromatic heterocycles. The molecule has 1 N–H and O–H groups in total. The summed E-state index contributed by atoms with van der Waals surface area (Å²) in [7, 11) is 0. The van der Waals surface area contributed by atoms with Crippen LogP contribution in [-0.4, -0.2) is 20.9 Å². The quantitative estimate of drug-likeness (QED) is 0.876. The molecular weight excluding hydrogens is 216 g/mol. The molecule has 0 spiro atoms. The molecule has 2 aromatic rings. The summed E-state index contributed by atoms with van der Waals surface area (Å²) in [5.41, 5.74) is 2.61. The molecule has 4 heteroatoms. The summed E-state index contributed by atoms with van der Waals surface area (Å²) in [6, 6.07) is 11.7. The van der Waals surface area contributed by atoms with Crippen LogP contribution in [-0.2, 0) is 17.8 Å². The van der Waals surface area contributed by atoms with Crippen LogP contribution in [0.2, 0.25) is 0 Å². The van der Waals surface area contributed by atoms with Gasteiger partial charge in [-0.1, -0.05) is 30.3 Å². The number of rotatable bonds is 4. The Morgan fingerprint density at radius 1 is 1.35 bits per heavy atom. The summed E-state index contributed by atoms with van der Waals surface area (Å²) in [5, 5.41) is 13.0. The Hall–Kier alpha value is -2.10. The molecule has 88 valence electrons. The van der Waals surface area contributed by atoms with E-state index in [0.717, 1.165) is 17.8 Å². The number of hydrogen-bond donors (Lipinski definition) is 1. The van der Waals surface area contributed by atoms with Gasteiger partial charge in [-0.05, 0) is 18.6 Å². The molecule has 0 amide bonds. The van der Waals surface area contributed by atoms with Gasteiger partial charge in [0.05, 0.1) is 17.8 Å². The molecule has 0 fully saturated rings. The molecule has 0 bridgehead atoms. The van der Waals surface area contributed by atoms with E-state index in [2.05, 4.69) is 5.10 Å². The van der Waals surface area contributed by atoms with Gasteiger partial charge in [0.15, 0.2) is 0 Å². The van der Waals surface area contributed by atoms with Gasteiger partial charge >= 0.3 is 5.97 Å². The Morgan fingerprint density at radius 2 is 2.06 bits per heavy atom. The van der Waals surface area contributed by atoms with Crippen LogP contribution in [0, 0.1) is 0 Å². The number of carboxylic acid groups (broad SMARTS) is 1. The van der Waals surface area contributed by atoms with Crippen LogP contribution >= 0.6 is 0 Å². The Balaban J connectivity index is 2.39. The third-order valence-electron chi connectivity index (χ3n) is 2.53. The topological polar surface area (TPSA) is 55.1 Å². The zero-order chi connectivity index (χ0) is 12.3. The average molecular weight is 230 g/mol. The van der Waals surface area contributed by atoms with E-state index in [9.17, 15) is 4.79 Å². The van der Waals surface area contributed by atoms with Crippen molar-refractivity contribution in [2.24, 2.45) is 0 Å². The highest BCUT2D eigenvalue weighted by molar-refractivity contribution is 5.70. The van der Waals surface area contributed by atoms with E-state index < -0.39 is 5.97 Å². The molecule has 0 saturated heterocycles. The van der Waals surface area contributed by atoms with Crippen molar-refractivity contribution in [3.63, 3.8) is 0 Å². The van der Waals surface area contributed by atoms with Crippen molar-refractivity contribution in [1.29, 1.82) is 0 Å². The lowest BCUT2D eigenvalue weighted by Crippen LogP contribution is -2.03. The van der Waals surface area contributed by atoms with Crippen LogP contribution < -0.4 is 0 Å². The number of carbonyl (C=O) groups is 1. The summed E-state index contributed by atoms with van der Waals surface area (Å²) >= 11 is 0. The number of aryl methyl sites for hydroxylation is 1. The van der Waals surface area contributed by atoms with Crippen molar-refractivity contribution < 1.29 is 9.90 Å². The fraction of sp³-hybridized carbons (Fsp3) is 0.231. The smallest absolute Gasteiger partial charge is 0.309 e. The van der Waals surface area contributed by atoms with Crippen LogP contribution in [0.1, 0.15) is 12.6 Å². The SMILES string of the molecule is CCn1nc(CC(=O)O)cc1-c1ccccc1. The van der Waals surface area contributed by atoms with Crippen molar-refractivity contribution in [1.82, 2.24) is 9.78 Å². The maximum Gasteiger partial charge on any atom is 0.309 e. The molecule has 0 saturated carbocycles. The average Bonchev–Trinajstić information content (AvgIpc) is 2.72. The number of aromatic nitrogens is 2. The van der Waals surface area contributed by atoms with Crippen LogP contribution in [0.4, 0.5) is 0 Å². The van der Waals surface area contributed by atoms with Gasteiger partial charge in [0.2, 0.25) is 0 Å². The summed E-state index contributed by atoms with van der Waals surface area (Å²) < 4.78 is 1.83. The first-order valence-corrected chi connectivity index (χ1v) is 5.54. The Morgan fingerprint density at radius 3 is 2.65 bits per heavy atom. The maximum atomic E-state index is 10.7. The van der Waals surface area contributed by atoms with E-state index in [1.165, 1.54) is 0 Å². The van der Waals surface area contributed by atoms with Gasteiger partial charge in [-0.2, -0.15) is 5.10 Å². The molecule has 17 heavy (non-hydrogen) atoms. The largest absolute Gasteiger partial charge is 0.481 e. The van der Waals surface area contributed by atoms with Gasteiger partial charge in [-0.15, -0.1) is 0 Å². The fourth-order valence-electron chi connectivity index (χ4n) is 1.79. The standard InChI is InChI=1S/C13H14N2O2/c1-2-15-12(10-6-4-3-5-7-10)8-11(14-15)9-13(16)17/h3-8H,2,9H2,1H3,(H,16,17). The predicted molar refractivity (Wildman–Crippen MR) is 64.7 cm³/mol. The first-order chi connectivity index (χ1) is 8.20. The number of aliphatic carboxylic acids is 1. The highest BCUT2D eigenvalue weighted by atomic mass is 16.4. The van der Waals surface area contributed by atoms with Crippen LogP contribution in [0.3, 0.4) is 0 Å². The van der Waals surface area contributed by atoms with Crippen molar-refractivity contribution in [2.45, 2.75) is 19.9 Å². The molecule has 0 radical (unpaired) electrons. The second-order valence-electron chi connectivity index (χ2n) is 3.77. The molecule has 0 aliphatic rings. The Labute approximate surface area is 99.5 Å². The molecule has 0 unspecified atom stereocenters. The zero-order valence-corrected chi connectivity index (χ0v) is 9.63. The van der Waals surface area contributed by atoms with Crippen LogP contribution in [0.5, 0.6) is 0 Å². The molecule has 1 heterocycles. The highest BCUT2D eigenvalue weighted by Crippen LogP contribution is 2.20. The van der Waals surface area contributed by atoms with Crippen LogP contribution in [0.15, 0.2) is 36.4 Å². The van der Waals surface area contributed by atoms with Crippen molar-refractivity contribution in [3.8, 4) is 11.3 Å². The Kier molecular flexibility index (Phi) is 3.23. The summed E-state index contributed by atoms with van der Waals surface area (Å²) in [6.45, 7) is 2.72. The van der Waals surface area contributed by atoms with E-state index in [1.54, 1.807) is 0 Å². The van der Waals surface area contributed by atoms with Gasteiger partial charge in [0.25, 0.3) is 0 Å². The lowest BCUT2D eigenvalue weighted by molar-refractivity contribution is -0.136. The predicted octanol–water partition coefficient (Wildman–Crippen LogP) is 2.20. The lowest BCUT2D eigenvalue weighted by Gasteiger charge is -2.03. The minimum absolute atomic E-state index is 0.0349. The molecular formula is C13H14N2O2. The molecule has 4 nitrogen and oxygen atoms in total. The monoisotopic (exact) mass is 230 g/mol. The second-order valence-corrected chi connectivity index (χ2v) is 3.77. The second kappa shape index (κ2) is 4.82. The summed E-state index contributed by atoms with van der Waals surface area (Å²) in [5.74, 6) is -0.856. The van der Waals surface area contributed by atoms with E-state index in [0.29, 0.717) is 5.69 Å². The number of hydrogen-bond acceptors (Lipinski definition) is 2. The number of carboxylic acids is 1. The van der Waals surface area contributed by atoms with Crippen molar-refractivity contribution >= 4 is 5.97 Å². The fourth-order valence-corrected chi connectivity index (χ4v) is 1.79. The van der Waals surface area contributed by atoms with Crippen molar-refractivity contribution in [3.05, 3.63) is 42.1 Å². The third-order valence-corrected chi connectivity index (χ3v) is 2.53. The lowest BCUT2D eigenvalue weighted by atomic mass is 10.1. The van der Waals surface area contributed by atoms with Gasteiger partial charge < -0.3 is 5.11 Å². The van der Waals surface area contributed by atoms with Gasteiger partial charge in [0, 0.05) is 6.54 Å². The number of benzene rings is 1. The minimum atomic E-state index is -0.856. The third kappa shape index (κ3) is 2.53.